The number of hydrogen-bond donors (Lipinski definition) is 1. The lowest BCUT2D eigenvalue weighted by atomic mass is 10.2. The molecule has 0 heterocycles. The van der Waals surface area contributed by atoms with Crippen LogP contribution in [-0.2, 0) is 6.54 Å². The van der Waals surface area contributed by atoms with E-state index in [2.05, 4.69) is 59.1 Å². The molecule has 1 aliphatic carbocycles. The first-order valence-corrected chi connectivity index (χ1v) is 6.29. The van der Waals surface area contributed by atoms with Gasteiger partial charge in [-0.1, -0.05) is 19.1 Å². The summed E-state index contributed by atoms with van der Waals surface area (Å²) in [5.74, 6) is 1.90. The quantitative estimate of drug-likeness (QED) is 0.843. The van der Waals surface area contributed by atoms with E-state index in [4.69, 9.17) is 0 Å². The minimum atomic E-state index is 0.943. The highest BCUT2D eigenvalue weighted by Gasteiger charge is 2.31. The SMILES string of the molecule is CC1CC1CNCc1ccc(I)cc1. The van der Waals surface area contributed by atoms with Crippen molar-refractivity contribution >= 4 is 22.6 Å². The molecule has 1 fully saturated rings. The van der Waals surface area contributed by atoms with Crippen molar-refractivity contribution in [3.05, 3.63) is 33.4 Å². The first-order chi connectivity index (χ1) is 6.75. The largest absolute Gasteiger partial charge is 0.312 e. The molecule has 76 valence electrons. The summed E-state index contributed by atoms with van der Waals surface area (Å²) in [5.41, 5.74) is 1.39. The van der Waals surface area contributed by atoms with Gasteiger partial charge in [0, 0.05) is 10.1 Å². The Kier molecular flexibility index (Phi) is 3.44. The average Bonchev–Trinajstić information content (AvgIpc) is 2.86. The third-order valence-electron chi connectivity index (χ3n) is 2.93. The zero-order valence-corrected chi connectivity index (χ0v) is 10.6. The van der Waals surface area contributed by atoms with E-state index in [0.717, 1.165) is 18.4 Å². The topological polar surface area (TPSA) is 12.0 Å². The molecule has 2 rings (SSSR count). The number of benzene rings is 1. The lowest BCUT2D eigenvalue weighted by Gasteiger charge is -2.03. The molecule has 0 bridgehead atoms. The fraction of sp³-hybridized carbons (Fsp3) is 0.500. The highest BCUT2D eigenvalue weighted by Crippen LogP contribution is 2.36. The summed E-state index contributed by atoms with van der Waals surface area (Å²) < 4.78 is 1.31. The number of nitrogens with one attached hydrogen (secondary N) is 1. The van der Waals surface area contributed by atoms with Gasteiger partial charge >= 0.3 is 0 Å². The van der Waals surface area contributed by atoms with Gasteiger partial charge in [0.25, 0.3) is 0 Å². The van der Waals surface area contributed by atoms with Crippen LogP contribution in [0.4, 0.5) is 0 Å². The minimum Gasteiger partial charge on any atom is -0.312 e. The molecule has 1 N–H and O–H groups in total. The van der Waals surface area contributed by atoms with Gasteiger partial charge in [-0.25, -0.2) is 0 Å². The molecule has 1 aromatic rings. The van der Waals surface area contributed by atoms with Gasteiger partial charge in [-0.15, -0.1) is 0 Å². The third-order valence-corrected chi connectivity index (χ3v) is 3.64. The van der Waals surface area contributed by atoms with E-state index < -0.39 is 0 Å². The van der Waals surface area contributed by atoms with Crippen LogP contribution in [0.25, 0.3) is 0 Å². The van der Waals surface area contributed by atoms with Gasteiger partial charge in [-0.3, -0.25) is 0 Å². The van der Waals surface area contributed by atoms with Gasteiger partial charge in [-0.05, 0) is 65.1 Å². The molecule has 1 aliphatic rings. The van der Waals surface area contributed by atoms with Crippen molar-refractivity contribution in [2.75, 3.05) is 6.54 Å². The maximum Gasteiger partial charge on any atom is 0.0205 e. The third kappa shape index (κ3) is 2.95. The molecule has 2 heteroatoms. The monoisotopic (exact) mass is 301 g/mol. The summed E-state index contributed by atoms with van der Waals surface area (Å²) in [6, 6.07) is 8.73. The Bertz CT molecular complexity index is 294. The van der Waals surface area contributed by atoms with Crippen LogP contribution < -0.4 is 5.32 Å². The molecule has 1 nitrogen and oxygen atoms in total. The van der Waals surface area contributed by atoms with Crippen molar-refractivity contribution in [2.24, 2.45) is 11.8 Å². The second-order valence-corrected chi connectivity index (χ2v) is 5.48. The molecule has 0 aliphatic heterocycles. The maximum atomic E-state index is 3.51. The highest BCUT2D eigenvalue weighted by molar-refractivity contribution is 14.1. The van der Waals surface area contributed by atoms with Crippen LogP contribution >= 0.6 is 22.6 Å². The Labute approximate surface area is 99.4 Å². The van der Waals surface area contributed by atoms with Gasteiger partial charge in [0.1, 0.15) is 0 Å². The van der Waals surface area contributed by atoms with Crippen LogP contribution in [0.2, 0.25) is 0 Å². The van der Waals surface area contributed by atoms with Gasteiger partial charge in [0.05, 0.1) is 0 Å². The van der Waals surface area contributed by atoms with Crippen LogP contribution in [0, 0.1) is 15.4 Å². The standard InChI is InChI=1S/C12H16IN/c1-9-6-11(9)8-14-7-10-2-4-12(13)5-3-10/h2-5,9,11,14H,6-8H2,1H3. The fourth-order valence-corrected chi connectivity index (χ4v) is 2.05. The number of rotatable bonds is 4. The Balaban J connectivity index is 1.72. The molecule has 1 saturated carbocycles. The Morgan fingerprint density at radius 3 is 2.57 bits per heavy atom. The summed E-state index contributed by atoms with van der Waals surface area (Å²) in [4.78, 5) is 0. The van der Waals surface area contributed by atoms with Crippen molar-refractivity contribution in [2.45, 2.75) is 19.9 Å². The lowest BCUT2D eigenvalue weighted by Crippen LogP contribution is -2.16. The van der Waals surface area contributed by atoms with Gasteiger partial charge in [-0.2, -0.15) is 0 Å². The molecular formula is C12H16IN. The fourth-order valence-electron chi connectivity index (χ4n) is 1.69. The Morgan fingerprint density at radius 2 is 2.00 bits per heavy atom. The Morgan fingerprint density at radius 1 is 1.36 bits per heavy atom. The summed E-state index contributed by atoms with van der Waals surface area (Å²) in [6.45, 7) is 4.53. The van der Waals surface area contributed by atoms with Crippen molar-refractivity contribution < 1.29 is 0 Å². The zero-order chi connectivity index (χ0) is 9.97. The summed E-state index contributed by atoms with van der Waals surface area (Å²) in [6.07, 6.45) is 1.42. The van der Waals surface area contributed by atoms with Crippen molar-refractivity contribution in [1.82, 2.24) is 5.32 Å². The first kappa shape index (κ1) is 10.4. The summed E-state index contributed by atoms with van der Waals surface area (Å²) >= 11 is 2.34. The molecule has 0 aromatic heterocycles. The first-order valence-electron chi connectivity index (χ1n) is 5.21. The van der Waals surface area contributed by atoms with Gasteiger partial charge in [0.2, 0.25) is 0 Å². The molecule has 1 aromatic carbocycles. The van der Waals surface area contributed by atoms with E-state index in [1.165, 1.54) is 22.1 Å². The van der Waals surface area contributed by atoms with E-state index in [-0.39, 0.29) is 0 Å². The molecule has 0 spiro atoms. The zero-order valence-electron chi connectivity index (χ0n) is 8.46. The van der Waals surface area contributed by atoms with Crippen molar-refractivity contribution in [3.8, 4) is 0 Å². The molecule has 14 heavy (non-hydrogen) atoms. The maximum absolute atomic E-state index is 3.51. The van der Waals surface area contributed by atoms with Crippen LogP contribution in [-0.4, -0.2) is 6.54 Å². The average molecular weight is 301 g/mol. The Hall–Kier alpha value is -0.0900. The van der Waals surface area contributed by atoms with Crippen LogP contribution in [0.15, 0.2) is 24.3 Å². The van der Waals surface area contributed by atoms with E-state index in [1.54, 1.807) is 0 Å². The predicted octanol–water partition coefficient (Wildman–Crippen LogP) is 3.04. The van der Waals surface area contributed by atoms with Crippen LogP contribution in [0.3, 0.4) is 0 Å². The molecule has 2 unspecified atom stereocenters. The molecule has 2 atom stereocenters. The predicted molar refractivity (Wildman–Crippen MR) is 68.1 cm³/mol. The highest BCUT2D eigenvalue weighted by atomic mass is 127. The van der Waals surface area contributed by atoms with E-state index >= 15 is 0 Å². The molecule has 0 saturated heterocycles. The minimum absolute atomic E-state index is 0.943. The lowest BCUT2D eigenvalue weighted by molar-refractivity contribution is 0.612. The second-order valence-electron chi connectivity index (χ2n) is 4.23. The van der Waals surface area contributed by atoms with Crippen LogP contribution in [0.5, 0.6) is 0 Å². The molecule has 0 radical (unpaired) electrons. The second kappa shape index (κ2) is 4.62. The smallest absolute Gasteiger partial charge is 0.0205 e. The van der Waals surface area contributed by atoms with E-state index in [9.17, 15) is 0 Å². The van der Waals surface area contributed by atoms with Crippen molar-refractivity contribution in [3.63, 3.8) is 0 Å². The van der Waals surface area contributed by atoms with E-state index in [0.29, 0.717) is 0 Å². The number of halogens is 1. The summed E-state index contributed by atoms with van der Waals surface area (Å²) in [7, 11) is 0. The summed E-state index contributed by atoms with van der Waals surface area (Å²) in [5, 5.41) is 3.51. The van der Waals surface area contributed by atoms with Gasteiger partial charge in [0.15, 0.2) is 0 Å². The van der Waals surface area contributed by atoms with Crippen LogP contribution in [0.1, 0.15) is 18.9 Å². The molecular weight excluding hydrogens is 285 g/mol. The van der Waals surface area contributed by atoms with Gasteiger partial charge < -0.3 is 5.32 Å². The number of hydrogen-bond acceptors (Lipinski definition) is 1. The normalized spacial score (nSPS) is 25.0. The van der Waals surface area contributed by atoms with E-state index in [1.807, 2.05) is 0 Å². The van der Waals surface area contributed by atoms with Crippen molar-refractivity contribution in [1.29, 1.82) is 0 Å². The molecule has 0 amide bonds.